The van der Waals surface area contributed by atoms with Crippen LogP contribution in [0.2, 0.25) is 0 Å². The second-order valence-corrected chi connectivity index (χ2v) is 7.94. The van der Waals surface area contributed by atoms with Gasteiger partial charge in [-0.2, -0.15) is 0 Å². The summed E-state index contributed by atoms with van der Waals surface area (Å²) in [7, 11) is 0. The Hall–Kier alpha value is -1.65. The first kappa shape index (κ1) is 15.3. The maximum absolute atomic E-state index is 5.91. The molecule has 0 amide bonds. The van der Waals surface area contributed by atoms with Crippen LogP contribution in [0.25, 0.3) is 11.2 Å². The third-order valence-corrected chi connectivity index (χ3v) is 6.01. The molecule has 1 fully saturated rings. The number of rotatable bonds is 4. The van der Waals surface area contributed by atoms with Gasteiger partial charge in [0.2, 0.25) is 0 Å². The fourth-order valence-corrected chi connectivity index (χ4v) is 5.24. The van der Waals surface area contributed by atoms with Crippen LogP contribution in [-0.4, -0.2) is 19.5 Å². The summed E-state index contributed by atoms with van der Waals surface area (Å²) in [6.07, 6.45) is 3.39. The fourth-order valence-electron chi connectivity index (χ4n) is 5.24. The van der Waals surface area contributed by atoms with Crippen LogP contribution in [0.3, 0.4) is 0 Å². The number of nitrogens with zero attached hydrogens (tertiary/aromatic N) is 4. The highest BCUT2D eigenvalue weighted by atomic mass is 15.1. The Labute approximate surface area is 132 Å². The summed E-state index contributed by atoms with van der Waals surface area (Å²) in [4.78, 5) is 12.9. The normalized spacial score (nSPS) is 27.0. The second kappa shape index (κ2) is 4.67. The van der Waals surface area contributed by atoms with Crippen molar-refractivity contribution in [2.75, 3.05) is 5.73 Å². The Bertz CT molecular complexity index is 700. The maximum atomic E-state index is 5.91. The molecule has 0 aromatic carbocycles. The zero-order valence-electron chi connectivity index (χ0n) is 14.5. The number of fused-ring (bicyclic) bond motifs is 1. The molecule has 5 nitrogen and oxygen atoms in total. The van der Waals surface area contributed by atoms with E-state index in [9.17, 15) is 0 Å². The van der Waals surface area contributed by atoms with Crippen LogP contribution in [0, 0.1) is 28.6 Å². The largest absolute Gasteiger partial charge is 0.382 e. The van der Waals surface area contributed by atoms with Gasteiger partial charge in [0.25, 0.3) is 0 Å². The minimum atomic E-state index is 0.272. The van der Waals surface area contributed by atoms with Gasteiger partial charge in [-0.05, 0) is 28.6 Å². The summed E-state index contributed by atoms with van der Waals surface area (Å²) in [6.45, 7) is 15.1. The van der Waals surface area contributed by atoms with E-state index in [1.165, 1.54) is 6.33 Å². The topological polar surface area (TPSA) is 69.6 Å². The zero-order chi connectivity index (χ0) is 16.3. The molecule has 2 N–H and O–H groups in total. The number of anilines is 1. The minimum Gasteiger partial charge on any atom is -0.382 e. The molecule has 2 aromatic rings. The third kappa shape index (κ3) is 1.80. The Morgan fingerprint density at radius 2 is 1.86 bits per heavy atom. The lowest BCUT2D eigenvalue weighted by Crippen LogP contribution is -2.24. The molecular weight excluding hydrogens is 274 g/mol. The monoisotopic (exact) mass is 301 g/mol. The molecule has 0 bridgehead atoms. The van der Waals surface area contributed by atoms with Crippen LogP contribution in [0.1, 0.15) is 41.5 Å². The van der Waals surface area contributed by atoms with Gasteiger partial charge in [-0.25, -0.2) is 15.0 Å². The van der Waals surface area contributed by atoms with Crippen LogP contribution in [0.4, 0.5) is 5.82 Å². The molecule has 0 spiro atoms. The van der Waals surface area contributed by atoms with Gasteiger partial charge in [0.15, 0.2) is 11.5 Å². The van der Waals surface area contributed by atoms with Crippen molar-refractivity contribution in [2.24, 2.45) is 28.6 Å². The van der Waals surface area contributed by atoms with E-state index in [-0.39, 0.29) is 5.41 Å². The molecule has 0 aliphatic heterocycles. The molecule has 1 aliphatic carbocycles. The highest BCUT2D eigenvalue weighted by molar-refractivity contribution is 5.81. The Balaban J connectivity index is 2.04. The average molecular weight is 301 g/mol. The SMILES string of the molecule is CC(C)C1C(C)(C)C1(Cn1cnc2c(N)ncnc21)C(C)C. The molecule has 3 rings (SSSR count). The summed E-state index contributed by atoms with van der Waals surface area (Å²) in [6, 6.07) is 0. The van der Waals surface area contributed by atoms with Crippen LogP contribution >= 0.6 is 0 Å². The lowest BCUT2D eigenvalue weighted by atomic mass is 9.83. The Morgan fingerprint density at radius 3 is 2.41 bits per heavy atom. The number of imidazole rings is 1. The molecule has 22 heavy (non-hydrogen) atoms. The Morgan fingerprint density at radius 1 is 1.18 bits per heavy atom. The number of nitrogen functional groups attached to an aromatic ring is 1. The van der Waals surface area contributed by atoms with E-state index in [2.05, 4.69) is 61.1 Å². The zero-order valence-corrected chi connectivity index (χ0v) is 14.5. The van der Waals surface area contributed by atoms with Gasteiger partial charge >= 0.3 is 0 Å². The van der Waals surface area contributed by atoms with E-state index in [0.717, 1.165) is 12.2 Å². The van der Waals surface area contributed by atoms with E-state index in [1.807, 2.05) is 6.33 Å². The molecule has 1 saturated carbocycles. The van der Waals surface area contributed by atoms with Gasteiger partial charge in [0.05, 0.1) is 6.33 Å². The van der Waals surface area contributed by atoms with E-state index >= 15 is 0 Å². The quantitative estimate of drug-likeness (QED) is 0.940. The molecule has 5 heteroatoms. The Kier molecular flexibility index (Phi) is 3.24. The average Bonchev–Trinajstić information content (AvgIpc) is 2.73. The van der Waals surface area contributed by atoms with Gasteiger partial charge in [-0.1, -0.05) is 41.5 Å². The highest BCUT2D eigenvalue weighted by Gasteiger charge is 2.72. The van der Waals surface area contributed by atoms with Crippen molar-refractivity contribution in [2.45, 2.75) is 48.1 Å². The van der Waals surface area contributed by atoms with Crippen molar-refractivity contribution >= 4 is 17.0 Å². The first-order valence-electron chi connectivity index (χ1n) is 8.14. The smallest absolute Gasteiger partial charge is 0.165 e. The highest BCUT2D eigenvalue weighted by Crippen LogP contribution is 2.75. The number of hydrogen-bond acceptors (Lipinski definition) is 4. The molecular formula is C17H27N5. The van der Waals surface area contributed by atoms with Gasteiger partial charge in [-0.3, -0.25) is 0 Å². The van der Waals surface area contributed by atoms with E-state index in [0.29, 0.717) is 34.5 Å². The lowest BCUT2D eigenvalue weighted by molar-refractivity contribution is 0.226. The van der Waals surface area contributed by atoms with Gasteiger partial charge < -0.3 is 10.3 Å². The van der Waals surface area contributed by atoms with E-state index in [1.54, 1.807) is 0 Å². The third-order valence-electron chi connectivity index (χ3n) is 6.01. The van der Waals surface area contributed by atoms with Crippen molar-refractivity contribution in [3.63, 3.8) is 0 Å². The summed E-state index contributed by atoms with van der Waals surface area (Å²) in [5, 5.41) is 0. The molecule has 0 saturated heterocycles. The van der Waals surface area contributed by atoms with Crippen molar-refractivity contribution in [3.8, 4) is 0 Å². The number of hydrogen-bond donors (Lipinski definition) is 1. The summed E-state index contributed by atoms with van der Waals surface area (Å²) in [5.41, 5.74) is 8.06. The first-order chi connectivity index (χ1) is 10.2. The van der Waals surface area contributed by atoms with Crippen molar-refractivity contribution in [1.29, 1.82) is 0 Å². The summed E-state index contributed by atoms with van der Waals surface area (Å²) >= 11 is 0. The molecule has 2 aromatic heterocycles. The second-order valence-electron chi connectivity index (χ2n) is 7.94. The van der Waals surface area contributed by atoms with Crippen LogP contribution < -0.4 is 5.73 Å². The minimum absolute atomic E-state index is 0.272. The first-order valence-corrected chi connectivity index (χ1v) is 8.14. The number of nitrogens with two attached hydrogens (primary N) is 1. The predicted molar refractivity (Wildman–Crippen MR) is 89.1 cm³/mol. The van der Waals surface area contributed by atoms with E-state index in [4.69, 9.17) is 5.73 Å². The van der Waals surface area contributed by atoms with Crippen molar-refractivity contribution < 1.29 is 0 Å². The molecule has 2 heterocycles. The maximum Gasteiger partial charge on any atom is 0.165 e. The molecule has 2 atom stereocenters. The molecule has 1 aliphatic rings. The van der Waals surface area contributed by atoms with Crippen molar-refractivity contribution in [1.82, 2.24) is 19.5 Å². The van der Waals surface area contributed by atoms with Crippen LogP contribution in [-0.2, 0) is 6.54 Å². The number of aromatic nitrogens is 4. The van der Waals surface area contributed by atoms with E-state index < -0.39 is 0 Å². The molecule has 120 valence electrons. The fraction of sp³-hybridized carbons (Fsp3) is 0.706. The van der Waals surface area contributed by atoms with Crippen LogP contribution in [0.5, 0.6) is 0 Å². The van der Waals surface area contributed by atoms with Gasteiger partial charge in [0.1, 0.15) is 11.8 Å². The lowest BCUT2D eigenvalue weighted by Gasteiger charge is -2.26. The molecule has 2 unspecified atom stereocenters. The molecule has 0 radical (unpaired) electrons. The standard InChI is InChI=1S/C17H27N5/c1-10(2)13-16(5,6)17(13,11(3)4)7-22-9-21-12-14(18)19-8-20-15(12)22/h8-11,13H,7H2,1-6H3,(H2,18,19,20). The van der Waals surface area contributed by atoms with Crippen LogP contribution in [0.15, 0.2) is 12.7 Å². The van der Waals surface area contributed by atoms with Gasteiger partial charge in [0, 0.05) is 6.54 Å². The summed E-state index contributed by atoms with van der Waals surface area (Å²) in [5.74, 6) is 2.44. The van der Waals surface area contributed by atoms with Gasteiger partial charge in [-0.15, -0.1) is 0 Å². The summed E-state index contributed by atoms with van der Waals surface area (Å²) < 4.78 is 2.16. The predicted octanol–water partition coefficient (Wildman–Crippen LogP) is 3.36. The van der Waals surface area contributed by atoms with Crippen molar-refractivity contribution in [3.05, 3.63) is 12.7 Å².